The predicted octanol–water partition coefficient (Wildman–Crippen LogP) is 3.06. The lowest BCUT2D eigenvalue weighted by Crippen LogP contribution is -2.00. The largest absolute Gasteiger partial charge is 0.504 e. The van der Waals surface area contributed by atoms with Crippen molar-refractivity contribution in [3.05, 3.63) is 53.6 Å². The summed E-state index contributed by atoms with van der Waals surface area (Å²) in [6.45, 7) is 2.01. The van der Waals surface area contributed by atoms with Gasteiger partial charge in [-0.15, -0.1) is 0 Å². The molecular formula is C15H15O6P. The van der Waals surface area contributed by atoms with E-state index in [4.69, 9.17) is 14.5 Å². The van der Waals surface area contributed by atoms with E-state index in [2.05, 4.69) is 0 Å². The molecule has 2 aromatic carbocycles. The SMILES string of the molecule is CCc1ccc(Oc2cc(C(=O)P(=O)(O)O)ccc2O)cc1. The maximum Gasteiger partial charge on any atom is 0.396 e. The first-order valence-electron chi connectivity index (χ1n) is 6.51. The van der Waals surface area contributed by atoms with Crippen LogP contribution in [0, 0.1) is 0 Å². The molecule has 0 saturated heterocycles. The van der Waals surface area contributed by atoms with E-state index in [9.17, 15) is 14.5 Å². The van der Waals surface area contributed by atoms with Crippen molar-refractivity contribution < 1.29 is 29.0 Å². The lowest BCUT2D eigenvalue weighted by molar-refractivity contribution is 0.104. The highest BCUT2D eigenvalue weighted by Crippen LogP contribution is 2.41. The van der Waals surface area contributed by atoms with E-state index in [-0.39, 0.29) is 17.1 Å². The minimum Gasteiger partial charge on any atom is -0.504 e. The Morgan fingerprint density at radius 2 is 1.77 bits per heavy atom. The third-order valence-corrected chi connectivity index (χ3v) is 3.82. The molecule has 0 amide bonds. The zero-order chi connectivity index (χ0) is 16.3. The highest BCUT2D eigenvalue weighted by Gasteiger charge is 2.28. The van der Waals surface area contributed by atoms with E-state index < -0.39 is 13.1 Å². The highest BCUT2D eigenvalue weighted by molar-refractivity contribution is 7.70. The number of hydrogen-bond donors (Lipinski definition) is 3. The molecule has 7 heteroatoms. The maximum absolute atomic E-state index is 11.6. The van der Waals surface area contributed by atoms with Gasteiger partial charge in [-0.3, -0.25) is 9.36 Å². The first kappa shape index (κ1) is 16.2. The van der Waals surface area contributed by atoms with Crippen molar-refractivity contribution in [3.8, 4) is 17.2 Å². The minimum absolute atomic E-state index is 0.0523. The van der Waals surface area contributed by atoms with Crippen molar-refractivity contribution in [2.45, 2.75) is 13.3 Å². The molecule has 0 heterocycles. The normalized spacial score (nSPS) is 11.2. The van der Waals surface area contributed by atoms with Gasteiger partial charge >= 0.3 is 7.60 Å². The smallest absolute Gasteiger partial charge is 0.396 e. The van der Waals surface area contributed by atoms with Gasteiger partial charge in [0, 0.05) is 5.56 Å². The number of phenolic OH excluding ortho intramolecular Hbond substituents is 1. The molecular weight excluding hydrogens is 307 g/mol. The van der Waals surface area contributed by atoms with Gasteiger partial charge in [0.1, 0.15) is 5.75 Å². The van der Waals surface area contributed by atoms with Crippen LogP contribution in [-0.2, 0) is 11.0 Å². The summed E-state index contributed by atoms with van der Waals surface area (Å²) in [5.74, 6) is 0.152. The van der Waals surface area contributed by atoms with Crippen LogP contribution in [0.25, 0.3) is 0 Å². The quantitative estimate of drug-likeness (QED) is 0.731. The number of hydrogen-bond acceptors (Lipinski definition) is 4. The molecule has 6 nitrogen and oxygen atoms in total. The Balaban J connectivity index is 2.30. The zero-order valence-corrected chi connectivity index (χ0v) is 12.7. The van der Waals surface area contributed by atoms with E-state index in [0.29, 0.717) is 5.75 Å². The zero-order valence-electron chi connectivity index (χ0n) is 11.8. The van der Waals surface area contributed by atoms with E-state index >= 15 is 0 Å². The molecule has 0 atom stereocenters. The second-order valence-corrected chi connectivity index (χ2v) is 6.13. The van der Waals surface area contributed by atoms with Crippen LogP contribution < -0.4 is 4.74 Å². The fourth-order valence-corrected chi connectivity index (χ4v) is 2.29. The molecule has 2 aromatic rings. The Bertz CT molecular complexity index is 732. The van der Waals surface area contributed by atoms with Crippen LogP contribution in [0.1, 0.15) is 22.8 Å². The van der Waals surface area contributed by atoms with Crippen LogP contribution in [0.4, 0.5) is 0 Å². The van der Waals surface area contributed by atoms with Crippen molar-refractivity contribution >= 4 is 13.1 Å². The molecule has 0 aliphatic carbocycles. The van der Waals surface area contributed by atoms with Crippen LogP contribution in [0.2, 0.25) is 0 Å². The second-order valence-electron chi connectivity index (χ2n) is 4.63. The summed E-state index contributed by atoms with van der Waals surface area (Å²) in [7, 11) is -4.88. The van der Waals surface area contributed by atoms with Crippen LogP contribution in [0.15, 0.2) is 42.5 Å². The lowest BCUT2D eigenvalue weighted by atomic mass is 10.2. The molecule has 0 unspecified atom stereocenters. The average Bonchev–Trinajstić information content (AvgIpc) is 2.48. The van der Waals surface area contributed by atoms with E-state index in [1.165, 1.54) is 0 Å². The molecule has 0 aliphatic rings. The molecule has 0 bridgehead atoms. The maximum atomic E-state index is 11.6. The van der Waals surface area contributed by atoms with Gasteiger partial charge in [-0.05, 0) is 42.3 Å². The van der Waals surface area contributed by atoms with Gasteiger partial charge < -0.3 is 19.6 Å². The Morgan fingerprint density at radius 1 is 1.14 bits per heavy atom. The molecule has 0 aliphatic heterocycles. The summed E-state index contributed by atoms with van der Waals surface area (Å²) in [4.78, 5) is 29.4. The molecule has 0 radical (unpaired) electrons. The summed E-state index contributed by atoms with van der Waals surface area (Å²) in [6, 6.07) is 10.5. The predicted molar refractivity (Wildman–Crippen MR) is 80.4 cm³/mol. The Hall–Kier alpha value is -2.14. The molecule has 22 heavy (non-hydrogen) atoms. The standard InChI is InChI=1S/C15H15O6P/c1-2-10-3-6-12(7-4-10)21-14-9-11(5-8-13(14)16)15(17)22(18,19)20/h3-9,16H,2H2,1H3,(H2,18,19,20). The lowest BCUT2D eigenvalue weighted by Gasteiger charge is -2.10. The highest BCUT2D eigenvalue weighted by atomic mass is 31.2. The molecule has 116 valence electrons. The molecule has 0 aromatic heterocycles. The number of phenols is 1. The number of ether oxygens (including phenoxy) is 1. The van der Waals surface area contributed by atoms with E-state index in [1.807, 2.05) is 19.1 Å². The van der Waals surface area contributed by atoms with Gasteiger partial charge in [-0.25, -0.2) is 0 Å². The van der Waals surface area contributed by atoms with Crippen LogP contribution in [0.3, 0.4) is 0 Å². The number of carbonyl (C=O) groups excluding carboxylic acids is 1. The fourth-order valence-electron chi connectivity index (χ4n) is 1.82. The number of benzene rings is 2. The average molecular weight is 322 g/mol. The Morgan fingerprint density at radius 3 is 2.32 bits per heavy atom. The summed E-state index contributed by atoms with van der Waals surface area (Å²) in [5.41, 5.74) is -0.438. The summed E-state index contributed by atoms with van der Waals surface area (Å²) < 4.78 is 16.5. The van der Waals surface area contributed by atoms with Crippen LogP contribution >= 0.6 is 7.60 Å². The van der Waals surface area contributed by atoms with Crippen molar-refractivity contribution in [2.24, 2.45) is 0 Å². The van der Waals surface area contributed by atoms with Gasteiger partial charge in [0.05, 0.1) is 0 Å². The first-order chi connectivity index (χ1) is 10.3. The van der Waals surface area contributed by atoms with Gasteiger partial charge in [0.15, 0.2) is 11.5 Å². The molecule has 0 fully saturated rings. The monoisotopic (exact) mass is 322 g/mol. The summed E-state index contributed by atoms with van der Waals surface area (Å²) in [5, 5.41) is 9.75. The van der Waals surface area contributed by atoms with Crippen LogP contribution in [0.5, 0.6) is 17.2 Å². The van der Waals surface area contributed by atoms with Gasteiger partial charge in [-0.1, -0.05) is 19.1 Å². The minimum atomic E-state index is -4.88. The summed E-state index contributed by atoms with van der Waals surface area (Å²) in [6.07, 6.45) is 0.873. The molecule has 3 N–H and O–H groups in total. The van der Waals surface area contributed by atoms with Crippen molar-refractivity contribution in [1.29, 1.82) is 0 Å². The van der Waals surface area contributed by atoms with E-state index in [1.54, 1.807) is 12.1 Å². The topological polar surface area (TPSA) is 104 Å². The Labute approximate surface area is 127 Å². The summed E-state index contributed by atoms with van der Waals surface area (Å²) >= 11 is 0. The molecule has 0 saturated carbocycles. The number of rotatable bonds is 5. The molecule has 0 spiro atoms. The third-order valence-electron chi connectivity index (χ3n) is 3.03. The number of aromatic hydroxyl groups is 1. The van der Waals surface area contributed by atoms with Crippen molar-refractivity contribution in [3.63, 3.8) is 0 Å². The van der Waals surface area contributed by atoms with Crippen molar-refractivity contribution in [2.75, 3.05) is 0 Å². The van der Waals surface area contributed by atoms with E-state index in [0.717, 1.165) is 30.2 Å². The molecule has 2 rings (SSSR count). The van der Waals surface area contributed by atoms with Gasteiger partial charge in [-0.2, -0.15) is 0 Å². The first-order valence-corrected chi connectivity index (χ1v) is 8.12. The van der Waals surface area contributed by atoms with Gasteiger partial charge in [0.2, 0.25) is 0 Å². The fraction of sp³-hybridized carbons (Fsp3) is 0.133. The number of aryl methyl sites for hydroxylation is 1. The van der Waals surface area contributed by atoms with Crippen molar-refractivity contribution in [1.82, 2.24) is 0 Å². The van der Waals surface area contributed by atoms with Gasteiger partial charge in [0.25, 0.3) is 5.52 Å². The van der Waals surface area contributed by atoms with Crippen LogP contribution in [-0.4, -0.2) is 20.4 Å². The number of carbonyl (C=O) groups is 1. The Kier molecular flexibility index (Phi) is 4.66. The second kappa shape index (κ2) is 6.32. The third kappa shape index (κ3) is 3.74.